The second-order valence-electron chi connectivity index (χ2n) is 5.81. The van der Waals surface area contributed by atoms with Crippen LogP contribution in [0.2, 0.25) is 0 Å². The normalized spacial score (nSPS) is 33.0. The summed E-state index contributed by atoms with van der Waals surface area (Å²) >= 11 is 0. The fourth-order valence-corrected chi connectivity index (χ4v) is 2.91. The van der Waals surface area contributed by atoms with Crippen molar-refractivity contribution in [2.24, 2.45) is 11.8 Å². The molecule has 0 aromatic heterocycles. The van der Waals surface area contributed by atoms with Gasteiger partial charge in [0, 0.05) is 25.7 Å². The summed E-state index contributed by atoms with van der Waals surface area (Å²) in [5.74, 6) is 1.63. The second kappa shape index (κ2) is 3.82. The van der Waals surface area contributed by atoms with E-state index in [9.17, 15) is 0 Å². The molecule has 0 aliphatic carbocycles. The number of nitrogens with zero attached hydrogens (tertiary/aromatic N) is 2. The van der Waals surface area contributed by atoms with Crippen LogP contribution in [0, 0.1) is 11.8 Å². The summed E-state index contributed by atoms with van der Waals surface area (Å²) in [6, 6.07) is 0.890. The first-order valence-corrected chi connectivity index (χ1v) is 6.07. The monoisotopic (exact) mass is 196 g/mol. The average molecular weight is 196 g/mol. The molecule has 3 heterocycles. The first-order valence-electron chi connectivity index (χ1n) is 6.07. The van der Waals surface area contributed by atoms with Gasteiger partial charge in [-0.05, 0) is 18.3 Å². The number of hydrogen-bond acceptors (Lipinski definition) is 2. The summed E-state index contributed by atoms with van der Waals surface area (Å²) in [6.45, 7) is 13.2. The molecule has 3 rings (SSSR count). The molecule has 0 saturated carbocycles. The van der Waals surface area contributed by atoms with E-state index in [0.717, 1.165) is 24.0 Å². The molecule has 3 aliphatic heterocycles. The van der Waals surface area contributed by atoms with Crippen LogP contribution in [-0.4, -0.2) is 41.6 Å². The predicted octanol–water partition coefficient (Wildman–Crippen LogP) is 2.01. The summed E-state index contributed by atoms with van der Waals surface area (Å²) in [7, 11) is 0. The molecular formula is C12H24N2. The van der Waals surface area contributed by atoms with Crippen molar-refractivity contribution in [1.82, 2.24) is 9.80 Å². The van der Waals surface area contributed by atoms with Gasteiger partial charge in [-0.2, -0.15) is 0 Å². The highest BCUT2D eigenvalue weighted by atomic mass is 15.5. The average Bonchev–Trinajstić information content (AvgIpc) is 2.55. The van der Waals surface area contributed by atoms with E-state index in [1.807, 2.05) is 0 Å². The lowest BCUT2D eigenvalue weighted by Gasteiger charge is -2.42. The third kappa shape index (κ3) is 1.82. The van der Waals surface area contributed by atoms with Crippen molar-refractivity contribution >= 4 is 0 Å². The van der Waals surface area contributed by atoms with Gasteiger partial charge in [0.05, 0.1) is 6.17 Å². The van der Waals surface area contributed by atoms with E-state index in [2.05, 4.69) is 37.5 Å². The van der Waals surface area contributed by atoms with E-state index >= 15 is 0 Å². The van der Waals surface area contributed by atoms with E-state index in [4.69, 9.17) is 0 Å². The molecule has 2 bridgehead atoms. The van der Waals surface area contributed by atoms with Crippen LogP contribution in [0.1, 0.15) is 34.1 Å². The van der Waals surface area contributed by atoms with Gasteiger partial charge in [-0.15, -0.1) is 0 Å². The van der Waals surface area contributed by atoms with Gasteiger partial charge in [0.25, 0.3) is 0 Å². The third-order valence-electron chi connectivity index (χ3n) is 3.38. The van der Waals surface area contributed by atoms with Crippen LogP contribution in [-0.2, 0) is 0 Å². The van der Waals surface area contributed by atoms with Crippen LogP contribution < -0.4 is 0 Å². The minimum atomic E-state index is 0.796. The van der Waals surface area contributed by atoms with Crippen molar-refractivity contribution in [2.75, 3.05) is 19.6 Å². The van der Waals surface area contributed by atoms with Crippen molar-refractivity contribution in [1.29, 1.82) is 0 Å². The predicted molar refractivity (Wildman–Crippen MR) is 60.1 cm³/mol. The van der Waals surface area contributed by atoms with Gasteiger partial charge in [-0.3, -0.25) is 9.80 Å². The summed E-state index contributed by atoms with van der Waals surface area (Å²) in [4.78, 5) is 5.38. The number of hydrogen-bond donors (Lipinski definition) is 0. The Morgan fingerprint density at radius 1 is 1.07 bits per heavy atom. The molecular weight excluding hydrogens is 172 g/mol. The molecule has 0 radical (unpaired) electrons. The van der Waals surface area contributed by atoms with Crippen molar-refractivity contribution in [3.63, 3.8) is 0 Å². The molecule has 2 heteroatoms. The molecule has 0 amide bonds. The Kier molecular flexibility index (Phi) is 2.85. The van der Waals surface area contributed by atoms with E-state index in [1.54, 1.807) is 0 Å². The molecule has 2 atom stereocenters. The SMILES string of the molecule is CC(C)CN1CC2CC1N2CC(C)C. The summed E-state index contributed by atoms with van der Waals surface area (Å²) in [5.41, 5.74) is 0. The Labute approximate surface area is 88.3 Å². The number of rotatable bonds is 4. The lowest BCUT2D eigenvalue weighted by atomic mass is 10.0. The standard InChI is InChI=1S/C12H24N2/c1-9(2)6-13-8-11-5-12(13)14(11)7-10(3)4/h9-12H,5-8H2,1-4H3. The van der Waals surface area contributed by atoms with Crippen LogP contribution in [0.25, 0.3) is 0 Å². The van der Waals surface area contributed by atoms with Crippen molar-refractivity contribution in [3.05, 3.63) is 0 Å². The van der Waals surface area contributed by atoms with E-state index in [-0.39, 0.29) is 0 Å². The summed E-state index contributed by atoms with van der Waals surface area (Å²) < 4.78 is 0. The first kappa shape index (κ1) is 10.4. The molecule has 0 spiro atoms. The molecule has 0 aromatic rings. The van der Waals surface area contributed by atoms with Crippen LogP contribution in [0.15, 0.2) is 0 Å². The minimum Gasteiger partial charge on any atom is -0.286 e. The first-order chi connectivity index (χ1) is 6.58. The van der Waals surface area contributed by atoms with Crippen molar-refractivity contribution in [2.45, 2.75) is 46.3 Å². The molecule has 3 aliphatic rings. The van der Waals surface area contributed by atoms with E-state index in [0.29, 0.717) is 0 Å². The highest BCUT2D eigenvalue weighted by Gasteiger charge is 2.49. The highest BCUT2D eigenvalue weighted by Crippen LogP contribution is 2.37. The summed E-state index contributed by atoms with van der Waals surface area (Å²) in [5, 5.41) is 0. The van der Waals surface area contributed by atoms with Crippen LogP contribution in [0.3, 0.4) is 0 Å². The lowest BCUT2D eigenvalue weighted by molar-refractivity contribution is 0.0177. The molecule has 2 unspecified atom stereocenters. The largest absolute Gasteiger partial charge is 0.286 e. The maximum absolute atomic E-state index is 2.70. The third-order valence-corrected chi connectivity index (χ3v) is 3.38. The van der Waals surface area contributed by atoms with Crippen LogP contribution in [0.5, 0.6) is 0 Å². The Morgan fingerprint density at radius 2 is 1.71 bits per heavy atom. The maximum atomic E-state index is 2.70. The minimum absolute atomic E-state index is 0.796. The van der Waals surface area contributed by atoms with Gasteiger partial charge in [-0.25, -0.2) is 0 Å². The van der Waals surface area contributed by atoms with Crippen LogP contribution >= 0.6 is 0 Å². The topological polar surface area (TPSA) is 6.48 Å². The van der Waals surface area contributed by atoms with Crippen molar-refractivity contribution in [3.8, 4) is 0 Å². The van der Waals surface area contributed by atoms with Gasteiger partial charge in [0.15, 0.2) is 0 Å². The maximum Gasteiger partial charge on any atom is 0.0641 e. The van der Waals surface area contributed by atoms with Gasteiger partial charge >= 0.3 is 0 Å². The zero-order valence-electron chi connectivity index (χ0n) is 10.0. The Morgan fingerprint density at radius 3 is 2.29 bits per heavy atom. The Bertz CT molecular complexity index is 188. The van der Waals surface area contributed by atoms with Crippen molar-refractivity contribution < 1.29 is 0 Å². The zero-order valence-corrected chi connectivity index (χ0v) is 10.0. The summed E-state index contributed by atoms with van der Waals surface area (Å²) in [6.07, 6.45) is 2.23. The lowest BCUT2D eigenvalue weighted by Crippen LogP contribution is -2.53. The molecule has 82 valence electrons. The Hall–Kier alpha value is -0.0800. The zero-order chi connectivity index (χ0) is 10.3. The molecule has 14 heavy (non-hydrogen) atoms. The molecule has 0 aromatic carbocycles. The van der Waals surface area contributed by atoms with Crippen LogP contribution in [0.4, 0.5) is 0 Å². The van der Waals surface area contributed by atoms with E-state index < -0.39 is 0 Å². The van der Waals surface area contributed by atoms with Gasteiger partial charge < -0.3 is 0 Å². The molecule has 0 N–H and O–H groups in total. The van der Waals surface area contributed by atoms with Gasteiger partial charge in [0.2, 0.25) is 0 Å². The van der Waals surface area contributed by atoms with Gasteiger partial charge in [0.1, 0.15) is 0 Å². The quantitative estimate of drug-likeness (QED) is 0.678. The molecule has 3 saturated heterocycles. The molecule has 3 fully saturated rings. The smallest absolute Gasteiger partial charge is 0.0641 e. The second-order valence-corrected chi connectivity index (χ2v) is 5.81. The highest BCUT2D eigenvalue weighted by molar-refractivity contribution is 5.02. The fourth-order valence-electron chi connectivity index (χ4n) is 2.91. The van der Waals surface area contributed by atoms with E-state index in [1.165, 1.54) is 26.1 Å². The Balaban J connectivity index is 1.85. The number of fused-ring (bicyclic) bond motifs is 1. The molecule has 2 nitrogen and oxygen atoms in total. The van der Waals surface area contributed by atoms with Gasteiger partial charge in [-0.1, -0.05) is 27.7 Å². The fraction of sp³-hybridized carbons (Fsp3) is 1.00.